The summed E-state index contributed by atoms with van der Waals surface area (Å²) in [6, 6.07) is -4.05. The van der Waals surface area contributed by atoms with E-state index in [2.05, 4.69) is 27.8 Å². The Labute approximate surface area is 316 Å². The zero-order chi connectivity index (χ0) is 39.7. The number of nitrogens with zero attached hydrogens (tertiary/aromatic N) is 2. The van der Waals surface area contributed by atoms with Gasteiger partial charge in [0.1, 0.15) is 12.1 Å². The molecule has 0 aromatic rings. The van der Waals surface area contributed by atoms with Crippen LogP contribution < -0.4 is 21.3 Å². The number of imide groups is 1. The van der Waals surface area contributed by atoms with E-state index in [-0.39, 0.29) is 61.4 Å². The number of unbranched alkanes of at least 4 members (excludes halogenated alkanes) is 1. The highest BCUT2D eigenvalue weighted by molar-refractivity contribution is 6.38. The molecule has 4 N–H and O–H groups in total. The zero-order valence-corrected chi connectivity index (χ0v) is 33.5. The highest BCUT2D eigenvalue weighted by atomic mass is 16.2. The second kappa shape index (κ2) is 19.0. The summed E-state index contributed by atoms with van der Waals surface area (Å²) in [4.78, 5) is 97.6. The molecule has 0 aromatic heterocycles. The minimum atomic E-state index is -1.05. The molecule has 2 aliphatic heterocycles. The van der Waals surface area contributed by atoms with Crippen molar-refractivity contribution in [2.75, 3.05) is 19.6 Å². The first-order chi connectivity index (χ1) is 24.8. The van der Waals surface area contributed by atoms with Crippen molar-refractivity contribution in [1.29, 1.82) is 0 Å². The minimum Gasteiger partial charge on any atom is -0.346 e. The van der Waals surface area contributed by atoms with Crippen molar-refractivity contribution in [3.05, 3.63) is 12.7 Å². The van der Waals surface area contributed by atoms with E-state index in [1.165, 1.54) is 11.0 Å². The van der Waals surface area contributed by atoms with Crippen LogP contribution in [0.5, 0.6) is 0 Å². The van der Waals surface area contributed by atoms with Gasteiger partial charge < -0.3 is 26.2 Å². The SMILES string of the molecule is C=CCNC(=O)C(=O)C(CCCC)NC(=O)[C@@H]1[C@@H](C(C)C)CCN1C(=O)[C@@H](NC(=O)N[C@H](CN1C(=O)CCC(C)(C)C1=O)C(C)(C)C)C1CCCCC1. The molecule has 13 heteroatoms. The van der Waals surface area contributed by atoms with Gasteiger partial charge in [-0.25, -0.2) is 4.79 Å². The molecule has 3 aliphatic rings. The lowest BCUT2D eigenvalue weighted by Gasteiger charge is -2.41. The number of nitrogens with one attached hydrogen (secondary N) is 4. The summed E-state index contributed by atoms with van der Waals surface area (Å²) in [6.07, 6.45) is 8.71. The molecule has 1 unspecified atom stereocenters. The zero-order valence-electron chi connectivity index (χ0n) is 33.5. The largest absolute Gasteiger partial charge is 0.346 e. The third-order valence-corrected chi connectivity index (χ3v) is 11.4. The van der Waals surface area contributed by atoms with Crippen LogP contribution in [-0.4, -0.2) is 95.0 Å². The van der Waals surface area contributed by atoms with Gasteiger partial charge in [-0.05, 0) is 55.3 Å². The number of amides is 7. The molecule has 0 radical (unpaired) electrons. The first-order valence-electron chi connectivity index (χ1n) is 19.8. The van der Waals surface area contributed by atoms with Crippen LogP contribution in [0.15, 0.2) is 12.7 Å². The van der Waals surface area contributed by atoms with E-state index < -0.39 is 58.6 Å². The fourth-order valence-electron chi connectivity index (χ4n) is 7.85. The normalized spacial score (nSPS) is 22.5. The molecule has 3 fully saturated rings. The molecule has 0 spiro atoms. The fraction of sp³-hybridized carbons (Fsp3) is 0.775. The van der Waals surface area contributed by atoms with Gasteiger partial charge in [0, 0.05) is 31.5 Å². The lowest BCUT2D eigenvalue weighted by atomic mass is 9.81. The molecular weight excluding hydrogens is 676 g/mol. The summed E-state index contributed by atoms with van der Waals surface area (Å²) >= 11 is 0. The number of rotatable bonds is 16. The molecule has 7 amide bonds. The number of carbonyl (C=O) groups is 7. The number of hydrogen-bond acceptors (Lipinski definition) is 7. The van der Waals surface area contributed by atoms with Crippen LogP contribution >= 0.6 is 0 Å². The molecule has 3 rings (SSSR count). The molecule has 2 heterocycles. The Kier molecular flexibility index (Phi) is 15.6. The Morgan fingerprint density at radius 3 is 2.23 bits per heavy atom. The Bertz CT molecular complexity index is 1370. The minimum absolute atomic E-state index is 0.00796. The van der Waals surface area contributed by atoms with Gasteiger partial charge in [-0.1, -0.05) is 93.6 Å². The summed E-state index contributed by atoms with van der Waals surface area (Å²) in [6.45, 7) is 19.4. The Hall–Kier alpha value is -3.77. The van der Waals surface area contributed by atoms with Gasteiger partial charge in [-0.15, -0.1) is 6.58 Å². The molecule has 13 nitrogen and oxygen atoms in total. The van der Waals surface area contributed by atoms with Crippen LogP contribution in [0.4, 0.5) is 4.79 Å². The van der Waals surface area contributed by atoms with Crippen LogP contribution in [0.2, 0.25) is 0 Å². The van der Waals surface area contributed by atoms with Crippen molar-refractivity contribution in [3.63, 3.8) is 0 Å². The van der Waals surface area contributed by atoms with Gasteiger partial charge in [0.05, 0.1) is 12.1 Å². The molecule has 53 heavy (non-hydrogen) atoms. The van der Waals surface area contributed by atoms with Crippen molar-refractivity contribution < 1.29 is 33.6 Å². The lowest BCUT2D eigenvalue weighted by Crippen LogP contribution is -2.62. The topological polar surface area (TPSA) is 174 Å². The third kappa shape index (κ3) is 11.4. The highest BCUT2D eigenvalue weighted by Gasteiger charge is 2.48. The molecule has 298 valence electrons. The summed E-state index contributed by atoms with van der Waals surface area (Å²) in [5, 5.41) is 11.3. The molecule has 0 bridgehead atoms. The quantitative estimate of drug-likeness (QED) is 0.104. The molecule has 5 atom stereocenters. The summed E-state index contributed by atoms with van der Waals surface area (Å²) in [5.41, 5.74) is -1.23. The van der Waals surface area contributed by atoms with Crippen LogP contribution in [0.25, 0.3) is 0 Å². The predicted molar refractivity (Wildman–Crippen MR) is 203 cm³/mol. The van der Waals surface area contributed by atoms with E-state index in [0.29, 0.717) is 25.8 Å². The first kappa shape index (κ1) is 43.6. The van der Waals surface area contributed by atoms with E-state index >= 15 is 0 Å². The second-order valence-corrected chi connectivity index (χ2v) is 17.3. The average molecular weight is 743 g/mol. The molecule has 0 aromatic carbocycles. The number of Topliss-reactive ketones (excluding diaryl/α,β-unsaturated/α-hetero) is 1. The number of ketones is 1. The smallest absolute Gasteiger partial charge is 0.315 e. The number of piperidine rings is 1. The van der Waals surface area contributed by atoms with Crippen molar-refractivity contribution in [2.24, 2.45) is 28.6 Å². The first-order valence-corrected chi connectivity index (χ1v) is 19.8. The van der Waals surface area contributed by atoms with E-state index in [1.807, 2.05) is 55.4 Å². The fourth-order valence-corrected chi connectivity index (χ4v) is 7.85. The van der Waals surface area contributed by atoms with Crippen LogP contribution in [0, 0.1) is 28.6 Å². The van der Waals surface area contributed by atoms with E-state index in [1.54, 1.807) is 4.90 Å². The Morgan fingerprint density at radius 1 is 0.981 bits per heavy atom. The maximum absolute atomic E-state index is 14.7. The number of carbonyl (C=O) groups excluding carboxylic acids is 7. The number of hydrogen-bond donors (Lipinski definition) is 4. The van der Waals surface area contributed by atoms with Gasteiger partial charge in [-0.2, -0.15) is 0 Å². The Morgan fingerprint density at radius 2 is 1.64 bits per heavy atom. The monoisotopic (exact) mass is 742 g/mol. The van der Waals surface area contributed by atoms with Crippen LogP contribution in [0.1, 0.15) is 126 Å². The van der Waals surface area contributed by atoms with Gasteiger partial charge >= 0.3 is 6.03 Å². The van der Waals surface area contributed by atoms with Crippen molar-refractivity contribution >= 4 is 41.4 Å². The van der Waals surface area contributed by atoms with E-state index in [0.717, 1.165) is 38.5 Å². The van der Waals surface area contributed by atoms with Crippen LogP contribution in [0.3, 0.4) is 0 Å². The number of urea groups is 1. The maximum Gasteiger partial charge on any atom is 0.315 e. The van der Waals surface area contributed by atoms with E-state index in [9.17, 15) is 33.6 Å². The van der Waals surface area contributed by atoms with Gasteiger partial charge in [0.2, 0.25) is 29.4 Å². The lowest BCUT2D eigenvalue weighted by molar-refractivity contribution is -0.157. The summed E-state index contributed by atoms with van der Waals surface area (Å²) in [7, 11) is 0. The predicted octanol–water partition coefficient (Wildman–Crippen LogP) is 4.24. The Balaban J connectivity index is 1.88. The highest BCUT2D eigenvalue weighted by Crippen LogP contribution is 2.35. The summed E-state index contributed by atoms with van der Waals surface area (Å²) in [5.74, 6) is -3.25. The molecule has 1 aliphatic carbocycles. The third-order valence-electron chi connectivity index (χ3n) is 11.4. The van der Waals surface area contributed by atoms with Gasteiger partial charge in [0.15, 0.2) is 0 Å². The molecular formula is C40H66N6O7. The summed E-state index contributed by atoms with van der Waals surface area (Å²) < 4.78 is 0. The maximum atomic E-state index is 14.7. The van der Waals surface area contributed by atoms with Gasteiger partial charge in [0.25, 0.3) is 5.91 Å². The molecule has 1 saturated carbocycles. The van der Waals surface area contributed by atoms with E-state index in [4.69, 9.17) is 0 Å². The standard InChI is InChI=1S/C40H66N6O7/c1-10-12-18-28(33(48)35(50)41-22-11-2)42-34(49)32-27(25(3)4)20-23-45(32)36(51)31(26-16-14-13-15-17-26)44-38(53)43-29(39(5,6)7)24-46-30(47)19-21-40(8,9)37(46)52/h11,25-29,31-32H,2,10,12-24H2,1,3-9H3,(H,41,50)(H,42,49)(H2,43,44,53)/t27-,28?,29-,31+,32+/m1/s1. The average Bonchev–Trinajstić information content (AvgIpc) is 3.56. The van der Waals surface area contributed by atoms with Crippen LogP contribution in [-0.2, 0) is 28.8 Å². The molecule has 2 saturated heterocycles. The van der Waals surface area contributed by atoms with Crippen molar-refractivity contribution in [3.8, 4) is 0 Å². The van der Waals surface area contributed by atoms with Gasteiger partial charge in [-0.3, -0.25) is 33.7 Å². The van der Waals surface area contributed by atoms with Crippen molar-refractivity contribution in [2.45, 2.75) is 150 Å². The second-order valence-electron chi connectivity index (χ2n) is 17.3. The van der Waals surface area contributed by atoms with Crippen molar-refractivity contribution in [1.82, 2.24) is 31.1 Å². The number of likely N-dealkylation sites (tertiary alicyclic amines) is 2.